The van der Waals surface area contributed by atoms with Crippen molar-refractivity contribution in [3.8, 4) is 0 Å². The Bertz CT molecular complexity index is 1530. The van der Waals surface area contributed by atoms with Crippen LogP contribution in [-0.4, -0.2) is 23.5 Å². The van der Waals surface area contributed by atoms with Crippen LogP contribution in [0.5, 0.6) is 0 Å². The van der Waals surface area contributed by atoms with Crippen LogP contribution in [0.1, 0.15) is 15.9 Å². The lowest BCUT2D eigenvalue weighted by atomic mass is 10.1. The zero-order chi connectivity index (χ0) is 27.6. The number of thioether (sulfide) groups is 1. The minimum absolute atomic E-state index is 0.0447. The Morgan fingerprint density at radius 3 is 2.28 bits per heavy atom. The molecule has 0 aromatic heterocycles. The van der Waals surface area contributed by atoms with E-state index in [1.54, 1.807) is 103 Å². The van der Waals surface area contributed by atoms with E-state index >= 15 is 0 Å². The summed E-state index contributed by atoms with van der Waals surface area (Å²) in [6.07, 6.45) is 1.56. The van der Waals surface area contributed by atoms with Gasteiger partial charge in [0, 0.05) is 21.2 Å². The van der Waals surface area contributed by atoms with Crippen LogP contribution in [-0.2, 0) is 9.59 Å². The second-order valence-corrected chi connectivity index (χ2v) is 10.1. The first-order valence-corrected chi connectivity index (χ1v) is 13.5. The van der Waals surface area contributed by atoms with E-state index in [0.29, 0.717) is 32.5 Å². The first-order valence-electron chi connectivity index (χ1n) is 11.8. The number of benzene rings is 4. The van der Waals surface area contributed by atoms with Gasteiger partial charge in [-0.1, -0.05) is 71.7 Å². The Kier molecular flexibility index (Phi) is 9.80. The molecular weight excluding hydrogens is 553 g/mol. The lowest BCUT2D eigenvalue weighted by Gasteiger charge is -2.12. The quantitative estimate of drug-likeness (QED) is 0.146. The molecule has 3 N–H and O–H groups in total. The van der Waals surface area contributed by atoms with E-state index < -0.39 is 11.8 Å². The fourth-order valence-electron chi connectivity index (χ4n) is 3.47. The predicted octanol–water partition coefficient (Wildman–Crippen LogP) is 7.13. The van der Waals surface area contributed by atoms with E-state index in [1.807, 2.05) is 6.07 Å². The topological polar surface area (TPSA) is 87.3 Å². The van der Waals surface area contributed by atoms with Crippen molar-refractivity contribution in [2.45, 2.75) is 4.90 Å². The highest BCUT2D eigenvalue weighted by molar-refractivity contribution is 8.00. The van der Waals surface area contributed by atoms with Gasteiger partial charge in [0.2, 0.25) is 5.91 Å². The molecule has 0 spiro atoms. The molecule has 0 aliphatic rings. The molecule has 39 heavy (non-hydrogen) atoms. The summed E-state index contributed by atoms with van der Waals surface area (Å²) in [5, 5.41) is 9.27. The molecular formula is C30H23Cl2N3O3S. The zero-order valence-electron chi connectivity index (χ0n) is 20.5. The number of amides is 3. The third kappa shape index (κ3) is 8.48. The maximum absolute atomic E-state index is 13.3. The third-order valence-corrected chi connectivity index (χ3v) is 6.86. The van der Waals surface area contributed by atoms with Crippen molar-refractivity contribution in [3.05, 3.63) is 130 Å². The van der Waals surface area contributed by atoms with Gasteiger partial charge in [-0.3, -0.25) is 14.4 Å². The van der Waals surface area contributed by atoms with Crippen molar-refractivity contribution >= 4 is 70.1 Å². The summed E-state index contributed by atoms with van der Waals surface area (Å²) in [6.45, 7) is 0. The predicted molar refractivity (Wildman–Crippen MR) is 159 cm³/mol. The lowest BCUT2D eigenvalue weighted by Crippen LogP contribution is -2.30. The molecule has 0 unspecified atom stereocenters. The van der Waals surface area contributed by atoms with Crippen LogP contribution in [0.2, 0.25) is 10.0 Å². The summed E-state index contributed by atoms with van der Waals surface area (Å²) >= 11 is 13.5. The van der Waals surface area contributed by atoms with Crippen LogP contribution in [0, 0.1) is 0 Å². The standard InChI is InChI=1S/C30H23Cl2N3O3S/c31-22-11-6-8-20(16-22)17-27(35-29(37)21-9-2-1-3-10-21)30(38)33-23-12-7-13-24(18-23)39-19-28(36)34-26-15-5-4-14-25(26)32/h1-18H,19H2,(H,33,38)(H,34,36)(H,35,37)/b27-17-. The second kappa shape index (κ2) is 13.7. The van der Waals surface area contributed by atoms with Crippen LogP contribution in [0.3, 0.4) is 0 Å². The number of anilines is 2. The number of rotatable bonds is 9. The maximum Gasteiger partial charge on any atom is 0.272 e. The van der Waals surface area contributed by atoms with Crippen molar-refractivity contribution in [1.82, 2.24) is 5.32 Å². The van der Waals surface area contributed by atoms with E-state index in [9.17, 15) is 14.4 Å². The fraction of sp³-hybridized carbons (Fsp3) is 0.0333. The van der Waals surface area contributed by atoms with E-state index in [1.165, 1.54) is 11.8 Å². The summed E-state index contributed by atoms with van der Waals surface area (Å²) in [7, 11) is 0. The number of carbonyl (C=O) groups excluding carboxylic acids is 3. The minimum atomic E-state index is -0.516. The molecule has 6 nitrogen and oxygen atoms in total. The smallest absolute Gasteiger partial charge is 0.272 e. The van der Waals surface area contributed by atoms with Crippen molar-refractivity contribution in [2.24, 2.45) is 0 Å². The normalized spacial score (nSPS) is 11.0. The maximum atomic E-state index is 13.3. The Balaban J connectivity index is 1.46. The van der Waals surface area contributed by atoms with Crippen LogP contribution >= 0.6 is 35.0 Å². The molecule has 0 heterocycles. The van der Waals surface area contributed by atoms with Crippen molar-refractivity contribution < 1.29 is 14.4 Å². The summed E-state index contributed by atoms with van der Waals surface area (Å²) < 4.78 is 0. The first kappa shape index (κ1) is 28.0. The van der Waals surface area contributed by atoms with Gasteiger partial charge in [-0.2, -0.15) is 0 Å². The van der Waals surface area contributed by atoms with Crippen LogP contribution in [0.15, 0.2) is 114 Å². The van der Waals surface area contributed by atoms with Gasteiger partial charge in [0.15, 0.2) is 0 Å². The van der Waals surface area contributed by atoms with Gasteiger partial charge >= 0.3 is 0 Å². The van der Waals surface area contributed by atoms with Gasteiger partial charge in [0.05, 0.1) is 16.5 Å². The molecule has 196 valence electrons. The fourth-order valence-corrected chi connectivity index (χ4v) is 4.60. The SMILES string of the molecule is O=C(CSc1cccc(NC(=O)/C(=C/c2cccc(Cl)c2)NC(=O)c2ccccc2)c1)Nc1ccccc1Cl. The molecule has 4 aromatic rings. The summed E-state index contributed by atoms with van der Waals surface area (Å²) in [6, 6.07) is 29.6. The number of carbonyl (C=O) groups is 3. The van der Waals surface area contributed by atoms with Gasteiger partial charge in [-0.05, 0) is 66.2 Å². The van der Waals surface area contributed by atoms with E-state index in [4.69, 9.17) is 23.2 Å². The number of para-hydroxylation sites is 1. The Hall–Kier alpha value is -4.04. The molecule has 3 amide bonds. The van der Waals surface area contributed by atoms with Gasteiger partial charge < -0.3 is 16.0 Å². The average molecular weight is 577 g/mol. The van der Waals surface area contributed by atoms with Crippen LogP contribution < -0.4 is 16.0 Å². The van der Waals surface area contributed by atoms with Crippen LogP contribution in [0.25, 0.3) is 6.08 Å². The minimum Gasteiger partial charge on any atom is -0.324 e. The highest BCUT2D eigenvalue weighted by Gasteiger charge is 2.16. The van der Waals surface area contributed by atoms with Gasteiger partial charge in [0.1, 0.15) is 5.70 Å². The summed E-state index contributed by atoms with van der Waals surface area (Å²) in [4.78, 5) is 39.3. The van der Waals surface area contributed by atoms with Crippen molar-refractivity contribution in [2.75, 3.05) is 16.4 Å². The molecule has 0 fully saturated rings. The van der Waals surface area contributed by atoms with E-state index in [-0.39, 0.29) is 17.4 Å². The van der Waals surface area contributed by atoms with E-state index in [2.05, 4.69) is 16.0 Å². The number of hydrogen-bond acceptors (Lipinski definition) is 4. The van der Waals surface area contributed by atoms with Gasteiger partial charge in [-0.15, -0.1) is 11.8 Å². The van der Waals surface area contributed by atoms with Gasteiger partial charge in [-0.25, -0.2) is 0 Å². The van der Waals surface area contributed by atoms with Crippen molar-refractivity contribution in [1.29, 1.82) is 0 Å². The lowest BCUT2D eigenvalue weighted by molar-refractivity contribution is -0.114. The van der Waals surface area contributed by atoms with E-state index in [0.717, 1.165) is 4.90 Å². The summed E-state index contributed by atoms with van der Waals surface area (Å²) in [5.74, 6) is -1.00. The molecule has 0 atom stereocenters. The zero-order valence-corrected chi connectivity index (χ0v) is 22.8. The van der Waals surface area contributed by atoms with Crippen molar-refractivity contribution in [3.63, 3.8) is 0 Å². The molecule has 0 radical (unpaired) electrons. The number of nitrogens with one attached hydrogen (secondary N) is 3. The average Bonchev–Trinajstić information content (AvgIpc) is 2.93. The molecule has 0 aliphatic carbocycles. The monoisotopic (exact) mass is 575 g/mol. The summed E-state index contributed by atoms with van der Waals surface area (Å²) in [5.41, 5.74) is 2.15. The molecule has 0 bridgehead atoms. The number of halogens is 2. The Labute approximate surface area is 240 Å². The first-order chi connectivity index (χ1) is 18.9. The number of hydrogen-bond donors (Lipinski definition) is 3. The van der Waals surface area contributed by atoms with Gasteiger partial charge in [0.25, 0.3) is 11.8 Å². The van der Waals surface area contributed by atoms with Crippen LogP contribution in [0.4, 0.5) is 11.4 Å². The molecule has 4 rings (SSSR count). The molecule has 0 saturated heterocycles. The highest BCUT2D eigenvalue weighted by atomic mass is 35.5. The second-order valence-electron chi connectivity index (χ2n) is 8.23. The molecule has 0 aliphatic heterocycles. The molecule has 0 saturated carbocycles. The molecule has 9 heteroatoms. The highest BCUT2D eigenvalue weighted by Crippen LogP contribution is 2.24. The Morgan fingerprint density at radius 2 is 1.51 bits per heavy atom. The largest absolute Gasteiger partial charge is 0.324 e. The third-order valence-electron chi connectivity index (χ3n) is 5.30. The molecule has 4 aromatic carbocycles. The Morgan fingerprint density at radius 1 is 0.769 bits per heavy atom.